The number of carbonyl (C=O) groups is 1. The molecule has 0 saturated heterocycles. The first kappa shape index (κ1) is 19.0. The van der Waals surface area contributed by atoms with Crippen LogP contribution in [0.1, 0.15) is 34.1 Å². The van der Waals surface area contributed by atoms with Crippen molar-refractivity contribution in [2.24, 2.45) is 0 Å². The standard InChI is InChI=1S/C19H18Cl2N2O2S/c1-11-3-5-14(25-11)6-8-18(24)23-19-22-12(2)17(26-19)10-13-4-7-15(20)16(21)9-13/h3-5,7,9H,6,8,10H2,1-2H3,(H,22,23,24). The third kappa shape index (κ3) is 4.87. The summed E-state index contributed by atoms with van der Waals surface area (Å²) in [7, 11) is 0. The Balaban J connectivity index is 1.60. The van der Waals surface area contributed by atoms with E-state index >= 15 is 0 Å². The van der Waals surface area contributed by atoms with Crippen LogP contribution in [-0.4, -0.2) is 10.9 Å². The van der Waals surface area contributed by atoms with E-state index in [0.717, 1.165) is 27.7 Å². The maximum atomic E-state index is 12.1. The molecule has 7 heteroatoms. The molecule has 0 spiro atoms. The van der Waals surface area contributed by atoms with E-state index in [4.69, 9.17) is 27.6 Å². The monoisotopic (exact) mass is 408 g/mol. The number of carbonyl (C=O) groups excluding carboxylic acids is 1. The average molecular weight is 409 g/mol. The molecule has 0 saturated carbocycles. The molecule has 2 heterocycles. The molecule has 0 aliphatic heterocycles. The van der Waals surface area contributed by atoms with Gasteiger partial charge in [0.05, 0.1) is 15.7 Å². The zero-order chi connectivity index (χ0) is 18.7. The molecule has 0 atom stereocenters. The molecule has 3 aromatic rings. The zero-order valence-electron chi connectivity index (χ0n) is 14.4. The van der Waals surface area contributed by atoms with Crippen molar-refractivity contribution in [2.75, 3.05) is 5.32 Å². The van der Waals surface area contributed by atoms with Crippen LogP contribution < -0.4 is 5.32 Å². The van der Waals surface area contributed by atoms with Gasteiger partial charge >= 0.3 is 0 Å². The lowest BCUT2D eigenvalue weighted by atomic mass is 10.1. The Bertz CT molecular complexity index is 934. The topological polar surface area (TPSA) is 55.1 Å². The van der Waals surface area contributed by atoms with E-state index in [-0.39, 0.29) is 5.91 Å². The largest absolute Gasteiger partial charge is 0.466 e. The lowest BCUT2D eigenvalue weighted by Crippen LogP contribution is -2.11. The van der Waals surface area contributed by atoms with Crippen LogP contribution >= 0.6 is 34.5 Å². The molecule has 4 nitrogen and oxygen atoms in total. The molecule has 0 radical (unpaired) electrons. The number of furan rings is 1. The number of hydrogen-bond acceptors (Lipinski definition) is 4. The minimum atomic E-state index is -0.0751. The molecule has 0 aliphatic rings. The molecule has 3 rings (SSSR count). The number of halogens is 2. The van der Waals surface area contributed by atoms with E-state index in [9.17, 15) is 4.79 Å². The number of hydrogen-bond donors (Lipinski definition) is 1. The molecular formula is C19H18Cl2N2O2S. The predicted octanol–water partition coefficient (Wildman–Crippen LogP) is 5.82. The number of aromatic nitrogens is 1. The highest BCUT2D eigenvalue weighted by molar-refractivity contribution is 7.15. The van der Waals surface area contributed by atoms with Gasteiger partial charge in [0.25, 0.3) is 0 Å². The van der Waals surface area contributed by atoms with E-state index in [1.807, 2.05) is 38.1 Å². The highest BCUT2D eigenvalue weighted by Gasteiger charge is 2.12. The Hall–Kier alpha value is -1.82. The summed E-state index contributed by atoms with van der Waals surface area (Å²) in [6.07, 6.45) is 1.62. The normalized spacial score (nSPS) is 10.9. The van der Waals surface area contributed by atoms with Crippen molar-refractivity contribution in [1.82, 2.24) is 4.98 Å². The van der Waals surface area contributed by atoms with Crippen LogP contribution in [0.2, 0.25) is 10.0 Å². The Kier molecular flexibility index (Phi) is 6.01. The van der Waals surface area contributed by atoms with Gasteiger partial charge in [-0.25, -0.2) is 4.98 Å². The number of nitrogens with zero attached hydrogens (tertiary/aromatic N) is 1. The van der Waals surface area contributed by atoms with Gasteiger partial charge in [-0.1, -0.05) is 29.3 Å². The van der Waals surface area contributed by atoms with Gasteiger partial charge in [-0.15, -0.1) is 11.3 Å². The summed E-state index contributed by atoms with van der Waals surface area (Å²) in [5.74, 6) is 1.59. The van der Waals surface area contributed by atoms with Crippen LogP contribution in [0.25, 0.3) is 0 Å². The molecule has 26 heavy (non-hydrogen) atoms. The second-order valence-corrected chi connectivity index (χ2v) is 7.91. The first-order valence-corrected chi connectivity index (χ1v) is 9.73. The lowest BCUT2D eigenvalue weighted by Gasteiger charge is -2.02. The molecule has 1 amide bonds. The highest BCUT2D eigenvalue weighted by Crippen LogP contribution is 2.28. The smallest absolute Gasteiger partial charge is 0.226 e. The van der Waals surface area contributed by atoms with Crippen LogP contribution in [-0.2, 0) is 17.6 Å². The molecule has 1 N–H and O–H groups in total. The molecule has 0 aliphatic carbocycles. The Morgan fingerprint density at radius 3 is 2.69 bits per heavy atom. The first-order valence-electron chi connectivity index (χ1n) is 8.16. The molecule has 0 unspecified atom stereocenters. The van der Waals surface area contributed by atoms with Crippen molar-refractivity contribution in [3.05, 3.63) is 68.0 Å². The second kappa shape index (κ2) is 8.25. The first-order chi connectivity index (χ1) is 12.4. The van der Waals surface area contributed by atoms with Gasteiger partial charge in [-0.05, 0) is 43.7 Å². The van der Waals surface area contributed by atoms with Crippen molar-refractivity contribution in [3.63, 3.8) is 0 Å². The average Bonchev–Trinajstić information content (AvgIpc) is 3.15. The van der Waals surface area contributed by atoms with E-state index < -0.39 is 0 Å². The van der Waals surface area contributed by atoms with Crippen molar-refractivity contribution in [3.8, 4) is 0 Å². The maximum absolute atomic E-state index is 12.1. The molecule has 2 aromatic heterocycles. The summed E-state index contributed by atoms with van der Waals surface area (Å²) in [4.78, 5) is 17.7. The highest BCUT2D eigenvalue weighted by atomic mass is 35.5. The number of benzene rings is 1. The minimum absolute atomic E-state index is 0.0751. The van der Waals surface area contributed by atoms with E-state index in [1.54, 1.807) is 6.07 Å². The van der Waals surface area contributed by atoms with E-state index in [0.29, 0.717) is 34.4 Å². The third-order valence-corrected chi connectivity index (χ3v) is 5.69. The summed E-state index contributed by atoms with van der Waals surface area (Å²) >= 11 is 13.5. The summed E-state index contributed by atoms with van der Waals surface area (Å²) in [5.41, 5.74) is 1.95. The van der Waals surface area contributed by atoms with Crippen LogP contribution in [0.15, 0.2) is 34.7 Å². The molecule has 136 valence electrons. The van der Waals surface area contributed by atoms with Gasteiger partial charge in [0.2, 0.25) is 5.91 Å². The second-order valence-electron chi connectivity index (χ2n) is 6.01. The van der Waals surface area contributed by atoms with Crippen LogP contribution in [0.3, 0.4) is 0 Å². The minimum Gasteiger partial charge on any atom is -0.466 e. The van der Waals surface area contributed by atoms with Crippen molar-refractivity contribution >= 4 is 45.6 Å². The lowest BCUT2D eigenvalue weighted by molar-refractivity contribution is -0.116. The van der Waals surface area contributed by atoms with Crippen LogP contribution in [0, 0.1) is 13.8 Å². The quantitative estimate of drug-likeness (QED) is 0.558. The van der Waals surface area contributed by atoms with Crippen molar-refractivity contribution < 1.29 is 9.21 Å². The summed E-state index contributed by atoms with van der Waals surface area (Å²) in [5, 5.41) is 4.55. The van der Waals surface area contributed by atoms with Crippen molar-refractivity contribution in [2.45, 2.75) is 33.1 Å². The summed E-state index contributed by atoms with van der Waals surface area (Å²) < 4.78 is 5.48. The fraction of sp³-hybridized carbons (Fsp3) is 0.263. The molecule has 1 aromatic carbocycles. The van der Waals surface area contributed by atoms with E-state index in [1.165, 1.54) is 11.3 Å². The molecular weight excluding hydrogens is 391 g/mol. The van der Waals surface area contributed by atoms with Crippen LogP contribution in [0.5, 0.6) is 0 Å². The SMILES string of the molecule is Cc1ccc(CCC(=O)Nc2nc(C)c(Cc3ccc(Cl)c(Cl)c3)s2)o1. The Morgan fingerprint density at radius 1 is 1.19 bits per heavy atom. The van der Waals surface area contributed by atoms with Gasteiger partial charge in [0.15, 0.2) is 5.13 Å². The van der Waals surface area contributed by atoms with Crippen molar-refractivity contribution in [1.29, 1.82) is 0 Å². The van der Waals surface area contributed by atoms with Gasteiger partial charge in [0, 0.05) is 24.1 Å². The maximum Gasteiger partial charge on any atom is 0.226 e. The van der Waals surface area contributed by atoms with Gasteiger partial charge in [-0.2, -0.15) is 0 Å². The number of anilines is 1. The molecule has 0 fully saturated rings. The molecule has 0 bridgehead atoms. The fourth-order valence-corrected chi connectivity index (χ4v) is 3.85. The van der Waals surface area contributed by atoms with Gasteiger partial charge in [0.1, 0.15) is 11.5 Å². The Labute approximate surface area is 166 Å². The van der Waals surface area contributed by atoms with Gasteiger partial charge < -0.3 is 9.73 Å². The number of nitrogens with one attached hydrogen (secondary N) is 1. The van der Waals surface area contributed by atoms with Crippen LogP contribution in [0.4, 0.5) is 5.13 Å². The number of thiazole rings is 1. The fourth-order valence-electron chi connectivity index (χ4n) is 2.52. The summed E-state index contributed by atoms with van der Waals surface area (Å²) in [6, 6.07) is 9.37. The van der Waals surface area contributed by atoms with E-state index in [2.05, 4.69) is 10.3 Å². The Morgan fingerprint density at radius 2 is 2.00 bits per heavy atom. The predicted molar refractivity (Wildman–Crippen MR) is 107 cm³/mol. The number of rotatable bonds is 6. The number of amides is 1. The van der Waals surface area contributed by atoms with Gasteiger partial charge in [-0.3, -0.25) is 4.79 Å². The summed E-state index contributed by atoms with van der Waals surface area (Å²) in [6.45, 7) is 3.82. The number of aryl methyl sites for hydroxylation is 3. The zero-order valence-corrected chi connectivity index (χ0v) is 16.8. The third-order valence-electron chi connectivity index (χ3n) is 3.88.